The van der Waals surface area contributed by atoms with Gasteiger partial charge in [-0.05, 0) is 25.0 Å². The molecular weight excluding hydrogens is 188 g/mol. The van der Waals surface area contributed by atoms with Crippen molar-refractivity contribution >= 4 is 5.91 Å². The van der Waals surface area contributed by atoms with Crippen LogP contribution in [0.1, 0.15) is 36.2 Å². The molecule has 1 atom stereocenters. The molecule has 15 heavy (non-hydrogen) atoms. The Hall–Kier alpha value is -1.35. The molecule has 3 N–H and O–H groups in total. The summed E-state index contributed by atoms with van der Waals surface area (Å²) in [6.45, 7) is 4.93. The minimum Gasteiger partial charge on any atom is -0.366 e. The van der Waals surface area contributed by atoms with Crippen molar-refractivity contribution in [2.24, 2.45) is 5.73 Å². The highest BCUT2D eigenvalue weighted by atomic mass is 16.1. The predicted octanol–water partition coefficient (Wildman–Crippen LogP) is 1.67. The second-order valence-electron chi connectivity index (χ2n) is 3.71. The SMILES string of the molecule is CCC(C)NCc1ccccc1C(N)=O. The van der Waals surface area contributed by atoms with E-state index < -0.39 is 0 Å². The van der Waals surface area contributed by atoms with Crippen LogP contribution in [0.5, 0.6) is 0 Å². The van der Waals surface area contributed by atoms with Crippen LogP contribution in [0.3, 0.4) is 0 Å². The Kier molecular flexibility index (Phi) is 4.31. The molecule has 0 aliphatic rings. The highest BCUT2D eigenvalue weighted by Crippen LogP contribution is 2.08. The van der Waals surface area contributed by atoms with Crippen molar-refractivity contribution in [3.05, 3.63) is 35.4 Å². The van der Waals surface area contributed by atoms with Crippen LogP contribution in [-0.4, -0.2) is 11.9 Å². The Labute approximate surface area is 90.7 Å². The fourth-order valence-electron chi connectivity index (χ4n) is 1.34. The van der Waals surface area contributed by atoms with Gasteiger partial charge >= 0.3 is 0 Å². The van der Waals surface area contributed by atoms with Crippen LogP contribution in [0.25, 0.3) is 0 Å². The number of carbonyl (C=O) groups excluding carboxylic acids is 1. The number of amides is 1. The number of nitrogens with one attached hydrogen (secondary N) is 1. The van der Waals surface area contributed by atoms with Crippen LogP contribution < -0.4 is 11.1 Å². The van der Waals surface area contributed by atoms with Gasteiger partial charge in [0.15, 0.2) is 0 Å². The minimum atomic E-state index is -0.364. The van der Waals surface area contributed by atoms with E-state index in [0.717, 1.165) is 12.0 Å². The van der Waals surface area contributed by atoms with Crippen LogP contribution >= 0.6 is 0 Å². The lowest BCUT2D eigenvalue weighted by Crippen LogP contribution is -2.26. The van der Waals surface area contributed by atoms with E-state index >= 15 is 0 Å². The Balaban J connectivity index is 2.72. The van der Waals surface area contributed by atoms with Gasteiger partial charge in [0, 0.05) is 18.2 Å². The van der Waals surface area contributed by atoms with E-state index in [0.29, 0.717) is 18.2 Å². The molecule has 1 rings (SSSR count). The maximum Gasteiger partial charge on any atom is 0.249 e. The minimum absolute atomic E-state index is 0.364. The van der Waals surface area contributed by atoms with Gasteiger partial charge < -0.3 is 11.1 Å². The average molecular weight is 206 g/mol. The average Bonchev–Trinajstić information content (AvgIpc) is 2.26. The molecule has 0 heterocycles. The number of hydrogen-bond donors (Lipinski definition) is 2. The molecule has 0 spiro atoms. The molecule has 0 aliphatic carbocycles. The first kappa shape index (κ1) is 11.7. The zero-order valence-electron chi connectivity index (χ0n) is 9.29. The van der Waals surface area contributed by atoms with Crippen molar-refractivity contribution in [3.8, 4) is 0 Å². The molecule has 1 aromatic rings. The summed E-state index contributed by atoms with van der Waals surface area (Å²) < 4.78 is 0. The van der Waals surface area contributed by atoms with E-state index in [1.165, 1.54) is 0 Å². The largest absolute Gasteiger partial charge is 0.366 e. The van der Waals surface area contributed by atoms with Gasteiger partial charge in [-0.15, -0.1) is 0 Å². The highest BCUT2D eigenvalue weighted by Gasteiger charge is 2.07. The van der Waals surface area contributed by atoms with Crippen molar-refractivity contribution in [3.63, 3.8) is 0 Å². The monoisotopic (exact) mass is 206 g/mol. The summed E-state index contributed by atoms with van der Waals surface area (Å²) in [5, 5.41) is 3.34. The number of nitrogens with two attached hydrogens (primary N) is 1. The Morgan fingerprint density at radius 2 is 2.13 bits per heavy atom. The molecule has 0 saturated carbocycles. The topological polar surface area (TPSA) is 55.1 Å². The Morgan fingerprint density at radius 1 is 1.47 bits per heavy atom. The molecule has 0 fully saturated rings. The smallest absolute Gasteiger partial charge is 0.249 e. The van der Waals surface area contributed by atoms with E-state index in [-0.39, 0.29) is 5.91 Å². The molecular formula is C12H18N2O. The van der Waals surface area contributed by atoms with E-state index in [9.17, 15) is 4.79 Å². The van der Waals surface area contributed by atoms with Gasteiger partial charge in [-0.25, -0.2) is 0 Å². The second-order valence-corrected chi connectivity index (χ2v) is 3.71. The number of benzene rings is 1. The summed E-state index contributed by atoms with van der Waals surface area (Å²) in [5.41, 5.74) is 6.85. The summed E-state index contributed by atoms with van der Waals surface area (Å²) >= 11 is 0. The van der Waals surface area contributed by atoms with Gasteiger partial charge in [-0.2, -0.15) is 0 Å². The summed E-state index contributed by atoms with van der Waals surface area (Å²) in [6.07, 6.45) is 1.07. The first-order valence-corrected chi connectivity index (χ1v) is 5.26. The van der Waals surface area contributed by atoms with Crippen LogP contribution in [-0.2, 0) is 6.54 Å². The molecule has 0 bridgehead atoms. The van der Waals surface area contributed by atoms with E-state index in [4.69, 9.17) is 5.73 Å². The predicted molar refractivity (Wildman–Crippen MR) is 61.6 cm³/mol. The molecule has 0 aromatic heterocycles. The van der Waals surface area contributed by atoms with Crippen molar-refractivity contribution in [2.45, 2.75) is 32.9 Å². The molecule has 1 amide bonds. The normalized spacial score (nSPS) is 12.4. The lowest BCUT2D eigenvalue weighted by atomic mass is 10.1. The van der Waals surface area contributed by atoms with Crippen LogP contribution in [0, 0.1) is 0 Å². The van der Waals surface area contributed by atoms with Crippen molar-refractivity contribution in [1.82, 2.24) is 5.32 Å². The summed E-state index contributed by atoms with van der Waals surface area (Å²) in [6, 6.07) is 7.88. The van der Waals surface area contributed by atoms with Gasteiger partial charge in [-0.1, -0.05) is 25.1 Å². The lowest BCUT2D eigenvalue weighted by molar-refractivity contribution is 0.0999. The quantitative estimate of drug-likeness (QED) is 0.770. The van der Waals surface area contributed by atoms with Crippen LogP contribution in [0.4, 0.5) is 0 Å². The fraction of sp³-hybridized carbons (Fsp3) is 0.417. The first-order valence-electron chi connectivity index (χ1n) is 5.26. The van der Waals surface area contributed by atoms with E-state index in [1.807, 2.05) is 18.2 Å². The van der Waals surface area contributed by atoms with Gasteiger partial charge in [0.1, 0.15) is 0 Å². The van der Waals surface area contributed by atoms with E-state index in [1.54, 1.807) is 6.07 Å². The zero-order valence-corrected chi connectivity index (χ0v) is 9.29. The van der Waals surface area contributed by atoms with Gasteiger partial charge in [-0.3, -0.25) is 4.79 Å². The summed E-state index contributed by atoms with van der Waals surface area (Å²) in [7, 11) is 0. The van der Waals surface area contributed by atoms with Gasteiger partial charge in [0.2, 0.25) is 5.91 Å². The molecule has 0 aliphatic heterocycles. The van der Waals surface area contributed by atoms with Crippen molar-refractivity contribution in [2.75, 3.05) is 0 Å². The van der Waals surface area contributed by atoms with Gasteiger partial charge in [0.05, 0.1) is 0 Å². The Bertz CT molecular complexity index is 336. The number of primary amides is 1. The third-order valence-corrected chi connectivity index (χ3v) is 2.54. The third kappa shape index (κ3) is 3.36. The molecule has 0 radical (unpaired) electrons. The lowest BCUT2D eigenvalue weighted by Gasteiger charge is -2.12. The molecule has 0 saturated heterocycles. The molecule has 1 aromatic carbocycles. The van der Waals surface area contributed by atoms with Crippen molar-refractivity contribution < 1.29 is 4.79 Å². The molecule has 82 valence electrons. The Morgan fingerprint density at radius 3 is 2.73 bits per heavy atom. The first-order chi connectivity index (χ1) is 7.15. The standard InChI is InChI=1S/C12H18N2O/c1-3-9(2)14-8-10-6-4-5-7-11(10)12(13)15/h4-7,9,14H,3,8H2,1-2H3,(H2,13,15). The van der Waals surface area contributed by atoms with Crippen molar-refractivity contribution in [1.29, 1.82) is 0 Å². The van der Waals surface area contributed by atoms with Gasteiger partial charge in [0.25, 0.3) is 0 Å². The van der Waals surface area contributed by atoms with E-state index in [2.05, 4.69) is 19.2 Å². The maximum absolute atomic E-state index is 11.1. The zero-order chi connectivity index (χ0) is 11.3. The molecule has 1 unspecified atom stereocenters. The number of hydrogen-bond acceptors (Lipinski definition) is 2. The number of rotatable bonds is 5. The fourth-order valence-corrected chi connectivity index (χ4v) is 1.34. The number of carbonyl (C=O) groups is 1. The summed E-state index contributed by atoms with van der Waals surface area (Å²) in [5.74, 6) is -0.364. The highest BCUT2D eigenvalue weighted by molar-refractivity contribution is 5.94. The molecule has 3 nitrogen and oxygen atoms in total. The van der Waals surface area contributed by atoms with Crippen LogP contribution in [0.2, 0.25) is 0 Å². The second kappa shape index (κ2) is 5.51. The summed E-state index contributed by atoms with van der Waals surface area (Å²) in [4.78, 5) is 11.1. The third-order valence-electron chi connectivity index (χ3n) is 2.54. The maximum atomic E-state index is 11.1. The molecule has 3 heteroatoms. The van der Waals surface area contributed by atoms with Crippen LogP contribution in [0.15, 0.2) is 24.3 Å².